The second kappa shape index (κ2) is 6.13. The molecule has 1 N–H and O–H groups in total. The molecule has 0 fully saturated rings. The van der Waals surface area contributed by atoms with E-state index in [4.69, 9.17) is 0 Å². The largest absolute Gasteiger partial charge is 0.356 e. The number of hydrogen-bond donors (Lipinski definition) is 1. The first kappa shape index (κ1) is 11.8. The second-order valence-corrected chi connectivity index (χ2v) is 4.27. The zero-order valence-corrected chi connectivity index (χ0v) is 9.80. The maximum atomic E-state index is 11.8. The quantitative estimate of drug-likeness (QED) is 0.799. The van der Waals surface area contributed by atoms with E-state index in [1.54, 1.807) is 12.4 Å². The fourth-order valence-corrected chi connectivity index (χ4v) is 1.97. The second-order valence-electron chi connectivity index (χ2n) is 4.27. The molecule has 0 aliphatic heterocycles. The van der Waals surface area contributed by atoms with Crippen molar-refractivity contribution in [2.45, 2.75) is 25.7 Å². The van der Waals surface area contributed by atoms with Crippen molar-refractivity contribution >= 4 is 5.91 Å². The van der Waals surface area contributed by atoms with Crippen molar-refractivity contribution in [1.29, 1.82) is 0 Å². The van der Waals surface area contributed by atoms with Gasteiger partial charge in [0.2, 0.25) is 5.91 Å². The van der Waals surface area contributed by atoms with E-state index >= 15 is 0 Å². The van der Waals surface area contributed by atoms with Gasteiger partial charge in [0.15, 0.2) is 0 Å². The molecular weight excluding hydrogens is 214 g/mol. The van der Waals surface area contributed by atoms with Crippen LogP contribution in [0.3, 0.4) is 0 Å². The number of nitrogens with one attached hydrogen (secondary N) is 1. The number of hydrogen-bond acceptors (Lipinski definition) is 3. The summed E-state index contributed by atoms with van der Waals surface area (Å²) >= 11 is 0. The van der Waals surface area contributed by atoms with Crippen LogP contribution in [0.25, 0.3) is 0 Å². The Morgan fingerprint density at radius 3 is 2.88 bits per heavy atom. The highest BCUT2D eigenvalue weighted by atomic mass is 16.1. The van der Waals surface area contributed by atoms with Crippen molar-refractivity contribution in [3.05, 3.63) is 36.4 Å². The van der Waals surface area contributed by atoms with E-state index in [9.17, 15) is 4.79 Å². The fraction of sp³-hybridized carbons (Fsp3) is 0.462. The molecule has 1 heterocycles. The Hall–Kier alpha value is -1.71. The molecule has 1 unspecified atom stereocenters. The van der Waals surface area contributed by atoms with Gasteiger partial charge < -0.3 is 5.32 Å². The maximum Gasteiger partial charge on any atom is 0.223 e. The number of carbonyl (C=O) groups excluding carboxylic acids is 1. The number of allylic oxidation sites excluding steroid dienone is 2. The predicted molar refractivity (Wildman–Crippen MR) is 65.2 cm³/mol. The molecule has 0 saturated heterocycles. The summed E-state index contributed by atoms with van der Waals surface area (Å²) in [4.78, 5) is 19.7. The highest BCUT2D eigenvalue weighted by molar-refractivity contribution is 5.78. The molecule has 0 bridgehead atoms. The molecule has 4 nitrogen and oxygen atoms in total. The first-order valence-corrected chi connectivity index (χ1v) is 6.03. The third-order valence-electron chi connectivity index (χ3n) is 2.97. The van der Waals surface area contributed by atoms with E-state index in [1.807, 2.05) is 0 Å². The molecule has 4 heteroatoms. The Labute approximate surface area is 101 Å². The van der Waals surface area contributed by atoms with Crippen molar-refractivity contribution in [3.8, 4) is 0 Å². The van der Waals surface area contributed by atoms with Crippen LogP contribution in [-0.2, 0) is 11.2 Å². The minimum atomic E-state index is 0.159. The molecule has 1 aliphatic carbocycles. The third kappa shape index (κ3) is 3.66. The van der Waals surface area contributed by atoms with E-state index < -0.39 is 0 Å². The molecule has 0 radical (unpaired) electrons. The zero-order valence-electron chi connectivity index (χ0n) is 9.80. The summed E-state index contributed by atoms with van der Waals surface area (Å²) in [5.41, 5.74) is 1.05. The van der Waals surface area contributed by atoms with Gasteiger partial charge in [0.1, 0.15) is 6.33 Å². The molecule has 0 aromatic carbocycles. The lowest BCUT2D eigenvalue weighted by molar-refractivity contribution is -0.125. The normalized spacial score (nSPS) is 18.9. The van der Waals surface area contributed by atoms with Gasteiger partial charge in [0, 0.05) is 24.9 Å². The monoisotopic (exact) mass is 231 g/mol. The van der Waals surface area contributed by atoms with Crippen LogP contribution in [-0.4, -0.2) is 22.4 Å². The highest BCUT2D eigenvalue weighted by Gasteiger charge is 2.17. The first-order chi connectivity index (χ1) is 8.36. The van der Waals surface area contributed by atoms with Gasteiger partial charge in [-0.2, -0.15) is 0 Å². The van der Waals surface area contributed by atoms with Crippen LogP contribution < -0.4 is 5.32 Å². The van der Waals surface area contributed by atoms with Gasteiger partial charge in [0.05, 0.1) is 0 Å². The minimum absolute atomic E-state index is 0.159. The van der Waals surface area contributed by atoms with Crippen molar-refractivity contribution in [1.82, 2.24) is 15.3 Å². The molecule has 1 aromatic rings. The van der Waals surface area contributed by atoms with Gasteiger partial charge in [0.25, 0.3) is 0 Å². The fourth-order valence-electron chi connectivity index (χ4n) is 1.97. The van der Waals surface area contributed by atoms with E-state index in [2.05, 4.69) is 27.4 Å². The summed E-state index contributed by atoms with van der Waals surface area (Å²) < 4.78 is 0. The Kier molecular flexibility index (Phi) is 4.24. The molecule has 0 saturated carbocycles. The van der Waals surface area contributed by atoms with Crippen LogP contribution in [0.5, 0.6) is 0 Å². The number of rotatable bonds is 4. The van der Waals surface area contributed by atoms with Gasteiger partial charge >= 0.3 is 0 Å². The van der Waals surface area contributed by atoms with Crippen LogP contribution in [0.2, 0.25) is 0 Å². The van der Waals surface area contributed by atoms with Gasteiger partial charge in [-0.25, -0.2) is 9.97 Å². The Morgan fingerprint density at radius 1 is 1.35 bits per heavy atom. The Bertz CT molecular complexity index is 389. The number of aromatic nitrogens is 2. The smallest absolute Gasteiger partial charge is 0.223 e. The van der Waals surface area contributed by atoms with Gasteiger partial charge in [-0.3, -0.25) is 4.79 Å². The van der Waals surface area contributed by atoms with Crippen LogP contribution >= 0.6 is 0 Å². The van der Waals surface area contributed by atoms with Crippen molar-refractivity contribution in [2.75, 3.05) is 6.54 Å². The van der Waals surface area contributed by atoms with Crippen LogP contribution in [0.4, 0.5) is 0 Å². The standard InChI is InChI=1S/C13H17N3O/c17-13(12-4-2-1-3-5-12)16-7-6-11-8-14-10-15-9-11/h1-2,8-10,12H,3-7H2,(H,16,17). The summed E-state index contributed by atoms with van der Waals surface area (Å²) in [5.74, 6) is 0.332. The molecule has 2 rings (SSSR count). The molecule has 90 valence electrons. The SMILES string of the molecule is O=C(NCCc1cncnc1)C1CC=CCC1. The molecule has 17 heavy (non-hydrogen) atoms. The molecule has 1 aromatic heterocycles. The summed E-state index contributed by atoms with van der Waals surface area (Å²) in [6.45, 7) is 0.659. The average molecular weight is 231 g/mol. The Morgan fingerprint density at radius 2 is 2.18 bits per heavy atom. The molecule has 1 atom stereocenters. The minimum Gasteiger partial charge on any atom is -0.356 e. The Balaban J connectivity index is 1.71. The van der Waals surface area contributed by atoms with Crippen LogP contribution in [0, 0.1) is 5.92 Å². The highest BCUT2D eigenvalue weighted by Crippen LogP contribution is 2.17. The summed E-state index contributed by atoms with van der Waals surface area (Å²) in [6.07, 6.45) is 13.0. The van der Waals surface area contributed by atoms with Crippen molar-refractivity contribution < 1.29 is 4.79 Å². The van der Waals surface area contributed by atoms with Crippen LogP contribution in [0.1, 0.15) is 24.8 Å². The van der Waals surface area contributed by atoms with E-state index in [1.165, 1.54) is 6.33 Å². The predicted octanol–water partition coefficient (Wildman–Crippen LogP) is 1.49. The number of amides is 1. The van der Waals surface area contributed by atoms with E-state index in [0.29, 0.717) is 6.54 Å². The van der Waals surface area contributed by atoms with Gasteiger partial charge in [-0.15, -0.1) is 0 Å². The molecule has 1 aliphatic rings. The molecule has 0 spiro atoms. The summed E-state index contributed by atoms with van der Waals surface area (Å²) in [5, 5.41) is 2.97. The molecular formula is C13H17N3O. The van der Waals surface area contributed by atoms with E-state index in [0.717, 1.165) is 31.2 Å². The summed E-state index contributed by atoms with van der Waals surface area (Å²) in [6, 6.07) is 0. The van der Waals surface area contributed by atoms with Crippen molar-refractivity contribution in [2.24, 2.45) is 5.92 Å². The third-order valence-corrected chi connectivity index (χ3v) is 2.97. The van der Waals surface area contributed by atoms with E-state index in [-0.39, 0.29) is 11.8 Å². The lowest BCUT2D eigenvalue weighted by Crippen LogP contribution is -2.32. The number of nitrogens with zero attached hydrogens (tertiary/aromatic N) is 2. The maximum absolute atomic E-state index is 11.8. The zero-order chi connectivity index (χ0) is 11.9. The lowest BCUT2D eigenvalue weighted by Gasteiger charge is -2.17. The van der Waals surface area contributed by atoms with Crippen LogP contribution in [0.15, 0.2) is 30.9 Å². The molecule has 1 amide bonds. The summed E-state index contributed by atoms with van der Waals surface area (Å²) in [7, 11) is 0. The topological polar surface area (TPSA) is 54.9 Å². The number of carbonyl (C=O) groups is 1. The average Bonchev–Trinajstić information content (AvgIpc) is 2.41. The lowest BCUT2D eigenvalue weighted by atomic mass is 9.94. The van der Waals surface area contributed by atoms with Crippen molar-refractivity contribution in [3.63, 3.8) is 0 Å². The first-order valence-electron chi connectivity index (χ1n) is 6.03. The van der Waals surface area contributed by atoms with Gasteiger partial charge in [-0.05, 0) is 31.2 Å². The van der Waals surface area contributed by atoms with Gasteiger partial charge in [-0.1, -0.05) is 12.2 Å².